The van der Waals surface area contributed by atoms with E-state index >= 15 is 0 Å². The van der Waals surface area contributed by atoms with Crippen molar-refractivity contribution in [2.45, 2.75) is 6.92 Å². The van der Waals surface area contributed by atoms with E-state index in [1.165, 1.54) is 31.2 Å². The highest BCUT2D eigenvalue weighted by Gasteiger charge is 2.21. The molecule has 0 heterocycles. The molecule has 0 saturated heterocycles. The zero-order valence-electron chi connectivity index (χ0n) is 8.78. The lowest BCUT2D eigenvalue weighted by Gasteiger charge is -2.06. The molecule has 0 aliphatic heterocycles. The van der Waals surface area contributed by atoms with Crippen molar-refractivity contribution < 1.29 is 28.5 Å². The smallest absolute Gasteiger partial charge is 0.367 e. The second-order valence-corrected chi connectivity index (χ2v) is 4.29. The Morgan fingerprint density at radius 2 is 1.76 bits per heavy atom. The van der Waals surface area contributed by atoms with Crippen LogP contribution < -0.4 is 5.32 Å². The maximum absolute atomic E-state index is 11.2. The van der Waals surface area contributed by atoms with E-state index in [2.05, 4.69) is 9.84 Å². The fourth-order valence-corrected chi connectivity index (χ4v) is 1.38. The minimum atomic E-state index is -4.84. The van der Waals surface area contributed by atoms with Gasteiger partial charge in [-0.3, -0.25) is 14.6 Å². The van der Waals surface area contributed by atoms with E-state index in [9.17, 15) is 14.2 Å². The molecule has 17 heavy (non-hydrogen) atoms. The fourth-order valence-electron chi connectivity index (χ4n) is 1.05. The average Bonchev–Trinajstić information content (AvgIpc) is 2.15. The molecule has 1 amide bonds. The van der Waals surface area contributed by atoms with Crippen molar-refractivity contribution in [3.05, 3.63) is 29.8 Å². The highest BCUT2D eigenvalue weighted by molar-refractivity contribution is 7.46. The summed E-state index contributed by atoms with van der Waals surface area (Å²) in [5.74, 6) is -1.40. The summed E-state index contributed by atoms with van der Waals surface area (Å²) in [6.45, 7) is 1.33. The van der Waals surface area contributed by atoms with E-state index in [1.54, 1.807) is 0 Å². The Hall–Kier alpha value is -1.69. The molecule has 0 radical (unpaired) electrons. The van der Waals surface area contributed by atoms with Gasteiger partial charge < -0.3 is 9.84 Å². The van der Waals surface area contributed by atoms with Gasteiger partial charge in [0.2, 0.25) is 5.91 Å². The van der Waals surface area contributed by atoms with Crippen LogP contribution in [0, 0.1) is 0 Å². The summed E-state index contributed by atoms with van der Waals surface area (Å²) in [5.41, 5.74) is 0.438. The van der Waals surface area contributed by atoms with Crippen LogP contribution >= 0.6 is 7.82 Å². The molecule has 0 aromatic heterocycles. The van der Waals surface area contributed by atoms with Crippen molar-refractivity contribution in [3.63, 3.8) is 0 Å². The number of hydrogen-bond acceptors (Lipinski definition) is 4. The van der Waals surface area contributed by atoms with E-state index in [0.29, 0.717) is 5.69 Å². The maximum atomic E-state index is 11.2. The number of rotatable bonds is 3. The lowest BCUT2D eigenvalue weighted by Crippen LogP contribution is -2.07. The Morgan fingerprint density at radius 1 is 1.24 bits per heavy atom. The zero-order chi connectivity index (χ0) is 13.1. The number of nitrogens with one attached hydrogen (secondary N) is 1. The van der Waals surface area contributed by atoms with Crippen molar-refractivity contribution >= 4 is 25.4 Å². The molecule has 0 spiro atoms. The molecule has 0 saturated carbocycles. The van der Waals surface area contributed by atoms with Crippen LogP contribution in [0.15, 0.2) is 24.3 Å². The van der Waals surface area contributed by atoms with Crippen LogP contribution in [0.4, 0.5) is 5.69 Å². The predicted molar refractivity (Wildman–Crippen MR) is 58.2 cm³/mol. The van der Waals surface area contributed by atoms with Gasteiger partial charge in [-0.1, -0.05) is 0 Å². The van der Waals surface area contributed by atoms with Crippen LogP contribution in [-0.2, 0) is 13.9 Å². The second kappa shape index (κ2) is 5.09. The van der Waals surface area contributed by atoms with Crippen molar-refractivity contribution in [3.8, 4) is 0 Å². The first-order valence-corrected chi connectivity index (χ1v) is 5.98. The van der Waals surface area contributed by atoms with Crippen LogP contribution in [0.25, 0.3) is 0 Å². The van der Waals surface area contributed by atoms with Gasteiger partial charge in [0.15, 0.2) is 0 Å². The van der Waals surface area contributed by atoms with Crippen molar-refractivity contribution in [2.24, 2.45) is 0 Å². The highest BCUT2D eigenvalue weighted by atomic mass is 31.2. The lowest BCUT2D eigenvalue weighted by atomic mass is 10.2. The third-order valence-corrected chi connectivity index (χ3v) is 2.05. The van der Waals surface area contributed by atoms with Gasteiger partial charge in [-0.25, -0.2) is 9.36 Å². The summed E-state index contributed by atoms with van der Waals surface area (Å²) in [6.07, 6.45) is 0. The molecular formula is C9H10NO6P. The van der Waals surface area contributed by atoms with Crippen LogP contribution in [0.3, 0.4) is 0 Å². The van der Waals surface area contributed by atoms with E-state index < -0.39 is 13.8 Å². The van der Waals surface area contributed by atoms with Crippen molar-refractivity contribution in [2.75, 3.05) is 5.32 Å². The summed E-state index contributed by atoms with van der Waals surface area (Å²) in [7, 11) is -4.84. The molecule has 0 aliphatic carbocycles. The number of carbonyl (C=O) groups is 2. The largest absolute Gasteiger partial charge is 0.527 e. The summed E-state index contributed by atoms with van der Waals surface area (Å²) in [4.78, 5) is 38.8. The van der Waals surface area contributed by atoms with E-state index in [1.807, 2.05) is 0 Å². The van der Waals surface area contributed by atoms with Gasteiger partial charge >= 0.3 is 13.8 Å². The molecular weight excluding hydrogens is 249 g/mol. The normalized spacial score (nSPS) is 10.8. The van der Waals surface area contributed by atoms with Gasteiger partial charge in [0.25, 0.3) is 0 Å². The summed E-state index contributed by atoms with van der Waals surface area (Å²) in [5, 5.41) is 2.47. The lowest BCUT2D eigenvalue weighted by molar-refractivity contribution is -0.114. The minimum absolute atomic E-state index is 0.0255. The Bertz CT molecular complexity index is 477. The quantitative estimate of drug-likeness (QED) is 0.695. The monoisotopic (exact) mass is 259 g/mol. The SMILES string of the molecule is CC(=O)Nc1ccc(C(=O)OP(=O)(O)O)cc1. The third kappa shape index (κ3) is 4.78. The number of phosphoric acid groups is 1. The first-order valence-electron chi connectivity index (χ1n) is 4.45. The van der Waals surface area contributed by atoms with Crippen LogP contribution in [-0.4, -0.2) is 21.7 Å². The standard InChI is InChI=1S/C9H10NO6P/c1-6(11)10-8-4-2-7(3-5-8)9(12)16-17(13,14)15/h2-5H,1H3,(H,10,11)(H2,13,14,15). The van der Waals surface area contributed by atoms with E-state index in [4.69, 9.17) is 9.79 Å². The van der Waals surface area contributed by atoms with E-state index in [0.717, 1.165) is 0 Å². The molecule has 3 N–H and O–H groups in total. The molecule has 7 nitrogen and oxygen atoms in total. The molecule has 8 heteroatoms. The Labute approximate surface area is 96.7 Å². The number of carbonyl (C=O) groups excluding carboxylic acids is 2. The van der Waals surface area contributed by atoms with Crippen molar-refractivity contribution in [1.29, 1.82) is 0 Å². The molecule has 1 rings (SSSR count). The number of anilines is 1. The first-order chi connectivity index (χ1) is 7.78. The van der Waals surface area contributed by atoms with Gasteiger partial charge in [0.05, 0.1) is 5.56 Å². The van der Waals surface area contributed by atoms with Crippen LogP contribution in [0.1, 0.15) is 17.3 Å². The summed E-state index contributed by atoms with van der Waals surface area (Å²) < 4.78 is 14.3. The fraction of sp³-hybridized carbons (Fsp3) is 0.111. The van der Waals surface area contributed by atoms with E-state index in [-0.39, 0.29) is 11.5 Å². The topological polar surface area (TPSA) is 113 Å². The maximum Gasteiger partial charge on any atom is 0.527 e. The predicted octanol–water partition coefficient (Wildman–Crippen LogP) is 0.894. The molecule has 1 aromatic rings. The molecule has 0 unspecified atom stereocenters. The van der Waals surface area contributed by atoms with Crippen LogP contribution in [0.2, 0.25) is 0 Å². The molecule has 0 fully saturated rings. The first kappa shape index (κ1) is 13.4. The molecule has 0 bridgehead atoms. The van der Waals surface area contributed by atoms with Crippen molar-refractivity contribution in [1.82, 2.24) is 0 Å². The molecule has 0 atom stereocenters. The van der Waals surface area contributed by atoms with Gasteiger partial charge in [-0.2, -0.15) is 0 Å². The third-order valence-electron chi connectivity index (χ3n) is 1.64. The average molecular weight is 259 g/mol. The van der Waals surface area contributed by atoms with Gasteiger partial charge in [0.1, 0.15) is 0 Å². The van der Waals surface area contributed by atoms with Gasteiger partial charge in [0, 0.05) is 12.6 Å². The molecule has 0 aliphatic rings. The van der Waals surface area contributed by atoms with Crippen LogP contribution in [0.5, 0.6) is 0 Å². The summed E-state index contributed by atoms with van der Waals surface area (Å²) >= 11 is 0. The second-order valence-electron chi connectivity index (χ2n) is 3.13. The number of phosphoric ester groups is 1. The summed E-state index contributed by atoms with van der Waals surface area (Å²) in [6, 6.07) is 5.39. The minimum Gasteiger partial charge on any atom is -0.367 e. The zero-order valence-corrected chi connectivity index (χ0v) is 9.68. The number of benzene rings is 1. The Morgan fingerprint density at radius 3 is 2.18 bits per heavy atom. The van der Waals surface area contributed by atoms with Gasteiger partial charge in [-0.05, 0) is 24.3 Å². The molecule has 1 aromatic carbocycles. The highest BCUT2D eigenvalue weighted by Crippen LogP contribution is 2.36. The van der Waals surface area contributed by atoms with Gasteiger partial charge in [-0.15, -0.1) is 0 Å². The Balaban J connectivity index is 2.77. The Kier molecular flexibility index (Phi) is 4.01. The number of hydrogen-bond donors (Lipinski definition) is 3. The molecule has 92 valence electrons. The number of amides is 1.